The van der Waals surface area contributed by atoms with Gasteiger partial charge in [-0.25, -0.2) is 13.2 Å². The monoisotopic (exact) mass is 463 g/mol. The second kappa shape index (κ2) is 10.3. The minimum Gasteiger partial charge on any atom is -0.346 e. The Morgan fingerprint density at radius 1 is 1.06 bits per heavy atom. The zero-order chi connectivity index (χ0) is 23.3. The standard InChI is InChI=1S/C21H20F3N5O2S/c1-12(32-21-28-27-13(2)29(21)11-14-6-4-3-5-7-14)20(31)25-10-17(30)26-16-9-8-15(22)18(23)19(16)24/h3-9,12H,10-11H2,1-2H3,(H,25,31)(H,26,30). The number of rotatable bonds is 8. The van der Waals surface area contributed by atoms with Crippen LogP contribution in [0.15, 0.2) is 47.6 Å². The molecule has 3 rings (SSSR count). The number of amides is 2. The molecule has 0 fully saturated rings. The molecule has 0 aliphatic rings. The minimum atomic E-state index is -1.69. The molecule has 1 heterocycles. The van der Waals surface area contributed by atoms with Crippen LogP contribution in [0, 0.1) is 24.4 Å². The van der Waals surface area contributed by atoms with Crippen molar-refractivity contribution < 1.29 is 22.8 Å². The third-order valence-electron chi connectivity index (χ3n) is 4.47. The summed E-state index contributed by atoms with van der Waals surface area (Å²) < 4.78 is 41.8. The van der Waals surface area contributed by atoms with Crippen molar-refractivity contribution in [1.29, 1.82) is 0 Å². The zero-order valence-corrected chi connectivity index (χ0v) is 18.0. The highest BCUT2D eigenvalue weighted by molar-refractivity contribution is 8.00. The Morgan fingerprint density at radius 3 is 2.50 bits per heavy atom. The summed E-state index contributed by atoms with van der Waals surface area (Å²) >= 11 is 1.17. The van der Waals surface area contributed by atoms with E-state index in [1.807, 2.05) is 41.8 Å². The molecule has 2 N–H and O–H groups in total. The van der Waals surface area contributed by atoms with Crippen LogP contribution in [0.2, 0.25) is 0 Å². The van der Waals surface area contributed by atoms with E-state index in [1.54, 1.807) is 6.92 Å². The van der Waals surface area contributed by atoms with E-state index < -0.39 is 46.7 Å². The molecule has 168 valence electrons. The number of halogens is 3. The topological polar surface area (TPSA) is 88.9 Å². The molecule has 2 aromatic carbocycles. The first-order valence-corrected chi connectivity index (χ1v) is 10.5. The highest BCUT2D eigenvalue weighted by atomic mass is 32.2. The van der Waals surface area contributed by atoms with Gasteiger partial charge in [-0.3, -0.25) is 9.59 Å². The third kappa shape index (κ3) is 5.67. The van der Waals surface area contributed by atoms with Gasteiger partial charge in [0.05, 0.1) is 24.0 Å². The average molecular weight is 463 g/mol. The van der Waals surface area contributed by atoms with E-state index in [9.17, 15) is 22.8 Å². The normalized spacial score (nSPS) is 11.8. The van der Waals surface area contributed by atoms with Crippen LogP contribution in [0.3, 0.4) is 0 Å². The second-order valence-electron chi connectivity index (χ2n) is 6.85. The summed E-state index contributed by atoms with van der Waals surface area (Å²) in [6.07, 6.45) is 0. The molecule has 11 heteroatoms. The molecule has 0 saturated carbocycles. The zero-order valence-electron chi connectivity index (χ0n) is 17.2. The quantitative estimate of drug-likeness (QED) is 0.395. The minimum absolute atomic E-state index is 0.456. The van der Waals surface area contributed by atoms with E-state index in [1.165, 1.54) is 11.8 Å². The highest BCUT2D eigenvalue weighted by Gasteiger charge is 2.21. The van der Waals surface area contributed by atoms with Crippen LogP contribution in [0.1, 0.15) is 18.3 Å². The van der Waals surface area contributed by atoms with Crippen LogP contribution in [-0.4, -0.2) is 38.4 Å². The van der Waals surface area contributed by atoms with Gasteiger partial charge in [-0.2, -0.15) is 0 Å². The van der Waals surface area contributed by atoms with Crippen LogP contribution >= 0.6 is 11.8 Å². The molecule has 0 aliphatic carbocycles. The van der Waals surface area contributed by atoms with Gasteiger partial charge < -0.3 is 15.2 Å². The Labute approximate surface area is 186 Å². The van der Waals surface area contributed by atoms with Gasteiger partial charge in [0.1, 0.15) is 5.82 Å². The Morgan fingerprint density at radius 2 is 1.78 bits per heavy atom. The van der Waals surface area contributed by atoms with E-state index in [0.717, 1.165) is 11.6 Å². The second-order valence-corrected chi connectivity index (χ2v) is 8.16. The number of carbonyl (C=O) groups excluding carboxylic acids is 2. The number of nitrogens with one attached hydrogen (secondary N) is 2. The molecular weight excluding hydrogens is 443 g/mol. The summed E-state index contributed by atoms with van der Waals surface area (Å²) in [6.45, 7) is 3.52. The number of hydrogen-bond donors (Lipinski definition) is 2. The lowest BCUT2D eigenvalue weighted by Crippen LogP contribution is -2.37. The maximum Gasteiger partial charge on any atom is 0.243 e. The van der Waals surface area contributed by atoms with Crippen LogP contribution in [-0.2, 0) is 16.1 Å². The maximum atomic E-state index is 13.7. The Bertz CT molecular complexity index is 1120. The summed E-state index contributed by atoms with van der Waals surface area (Å²) in [5.41, 5.74) is 0.533. The predicted octanol–water partition coefficient (Wildman–Crippen LogP) is 3.29. The third-order valence-corrected chi connectivity index (χ3v) is 5.55. The van der Waals surface area contributed by atoms with Crippen LogP contribution in [0.25, 0.3) is 0 Å². The highest BCUT2D eigenvalue weighted by Crippen LogP contribution is 2.23. The smallest absolute Gasteiger partial charge is 0.243 e. The van der Waals surface area contributed by atoms with Crippen LogP contribution in [0.4, 0.5) is 18.9 Å². The van der Waals surface area contributed by atoms with Gasteiger partial charge >= 0.3 is 0 Å². The van der Waals surface area contributed by atoms with Gasteiger partial charge in [-0.15, -0.1) is 10.2 Å². The van der Waals surface area contributed by atoms with Crippen molar-refractivity contribution in [2.45, 2.75) is 30.8 Å². The fourth-order valence-electron chi connectivity index (χ4n) is 2.74. The van der Waals surface area contributed by atoms with Crippen molar-refractivity contribution in [3.05, 3.63) is 71.3 Å². The van der Waals surface area contributed by atoms with E-state index in [2.05, 4.69) is 20.8 Å². The van der Waals surface area contributed by atoms with E-state index in [-0.39, 0.29) is 0 Å². The molecule has 0 radical (unpaired) electrons. The molecule has 0 aliphatic heterocycles. The first kappa shape index (κ1) is 23.3. The largest absolute Gasteiger partial charge is 0.346 e. The SMILES string of the molecule is Cc1nnc(SC(C)C(=O)NCC(=O)Nc2ccc(F)c(F)c2F)n1Cc1ccccc1. The fraction of sp³-hybridized carbons (Fsp3) is 0.238. The molecule has 2 amide bonds. The van der Waals surface area contributed by atoms with Crippen molar-refractivity contribution >= 4 is 29.3 Å². The number of aryl methyl sites for hydroxylation is 1. The molecule has 3 aromatic rings. The Balaban J connectivity index is 1.55. The van der Waals surface area contributed by atoms with Crippen molar-refractivity contribution in [1.82, 2.24) is 20.1 Å². The van der Waals surface area contributed by atoms with Gasteiger partial charge in [0.25, 0.3) is 0 Å². The number of benzene rings is 2. The molecular formula is C21H20F3N5O2S. The lowest BCUT2D eigenvalue weighted by Gasteiger charge is -2.13. The first-order chi connectivity index (χ1) is 15.3. The summed E-state index contributed by atoms with van der Waals surface area (Å²) in [4.78, 5) is 24.4. The molecule has 0 spiro atoms. The number of carbonyl (C=O) groups is 2. The van der Waals surface area contributed by atoms with Crippen molar-refractivity contribution in [2.24, 2.45) is 0 Å². The van der Waals surface area contributed by atoms with Gasteiger partial charge in [0.2, 0.25) is 11.8 Å². The Hall–Kier alpha value is -3.34. The Kier molecular flexibility index (Phi) is 7.52. The summed E-state index contributed by atoms with van der Waals surface area (Å²) in [7, 11) is 0. The molecule has 1 unspecified atom stereocenters. The number of anilines is 1. The lowest BCUT2D eigenvalue weighted by molar-refractivity contribution is -0.123. The first-order valence-electron chi connectivity index (χ1n) is 9.57. The molecule has 1 aromatic heterocycles. The maximum absolute atomic E-state index is 13.7. The molecule has 0 bridgehead atoms. The van der Waals surface area contributed by atoms with Gasteiger partial charge in [0.15, 0.2) is 22.6 Å². The van der Waals surface area contributed by atoms with Gasteiger partial charge in [-0.05, 0) is 31.5 Å². The molecule has 1 atom stereocenters. The van der Waals surface area contributed by atoms with E-state index in [0.29, 0.717) is 23.6 Å². The number of hydrogen-bond acceptors (Lipinski definition) is 5. The summed E-state index contributed by atoms with van der Waals surface area (Å²) in [6, 6.07) is 11.3. The fourth-order valence-corrected chi connectivity index (χ4v) is 3.65. The van der Waals surface area contributed by atoms with Crippen LogP contribution in [0.5, 0.6) is 0 Å². The molecule has 0 saturated heterocycles. The van der Waals surface area contributed by atoms with E-state index in [4.69, 9.17) is 0 Å². The summed E-state index contributed by atoms with van der Waals surface area (Å²) in [5.74, 6) is -5.12. The van der Waals surface area contributed by atoms with Crippen molar-refractivity contribution in [3.63, 3.8) is 0 Å². The molecule has 7 nitrogen and oxygen atoms in total. The lowest BCUT2D eigenvalue weighted by atomic mass is 10.2. The molecule has 32 heavy (non-hydrogen) atoms. The number of nitrogens with zero attached hydrogens (tertiary/aromatic N) is 3. The summed E-state index contributed by atoms with van der Waals surface area (Å²) in [5, 5.41) is 12.6. The van der Waals surface area contributed by atoms with Crippen LogP contribution < -0.4 is 10.6 Å². The van der Waals surface area contributed by atoms with Crippen molar-refractivity contribution in [2.75, 3.05) is 11.9 Å². The van der Waals surface area contributed by atoms with Gasteiger partial charge in [-0.1, -0.05) is 42.1 Å². The van der Waals surface area contributed by atoms with Gasteiger partial charge in [0, 0.05) is 0 Å². The van der Waals surface area contributed by atoms with Crippen molar-refractivity contribution in [3.8, 4) is 0 Å². The average Bonchev–Trinajstić information content (AvgIpc) is 3.12. The number of aromatic nitrogens is 3. The predicted molar refractivity (Wildman–Crippen MR) is 114 cm³/mol. The number of thioether (sulfide) groups is 1. The van der Waals surface area contributed by atoms with E-state index >= 15 is 0 Å².